The highest BCUT2D eigenvalue weighted by atomic mass is 16.6. The van der Waals surface area contributed by atoms with Gasteiger partial charge in [0.2, 0.25) is 0 Å². The molecule has 172 valence electrons. The molecule has 1 aliphatic rings. The summed E-state index contributed by atoms with van der Waals surface area (Å²) in [6, 6.07) is 6.97. The van der Waals surface area contributed by atoms with E-state index < -0.39 is 41.2 Å². The van der Waals surface area contributed by atoms with Crippen LogP contribution in [0.5, 0.6) is 46.0 Å². The van der Waals surface area contributed by atoms with Crippen LogP contribution in [0, 0.1) is 6.92 Å². The Hall–Kier alpha value is -4.47. The summed E-state index contributed by atoms with van der Waals surface area (Å²) in [7, 11) is 0. The van der Waals surface area contributed by atoms with Crippen LogP contribution in [-0.4, -0.2) is 47.8 Å². The Morgan fingerprint density at radius 2 is 1.48 bits per heavy atom. The Bertz CT molecular complexity index is 1220. The van der Waals surface area contributed by atoms with Gasteiger partial charge in [0.05, 0.1) is 5.56 Å². The van der Waals surface area contributed by atoms with Crippen LogP contribution >= 0.6 is 0 Å². The smallest absolute Gasteiger partial charge is 0.338 e. The number of phenols is 7. The van der Waals surface area contributed by atoms with Gasteiger partial charge in [0.1, 0.15) is 23.4 Å². The Labute approximate surface area is 186 Å². The van der Waals surface area contributed by atoms with Gasteiger partial charge in [-0.15, -0.1) is 0 Å². The first-order chi connectivity index (χ1) is 15.5. The van der Waals surface area contributed by atoms with Crippen LogP contribution in [0.25, 0.3) is 0 Å². The summed E-state index contributed by atoms with van der Waals surface area (Å²) in [6.45, 7) is 1.55. The van der Waals surface area contributed by atoms with E-state index in [0.29, 0.717) is 11.1 Å². The van der Waals surface area contributed by atoms with E-state index in [1.165, 1.54) is 18.2 Å². The Morgan fingerprint density at radius 3 is 2.12 bits per heavy atom. The predicted molar refractivity (Wildman–Crippen MR) is 112 cm³/mol. The third kappa shape index (κ3) is 3.93. The van der Waals surface area contributed by atoms with Gasteiger partial charge >= 0.3 is 5.97 Å². The summed E-state index contributed by atoms with van der Waals surface area (Å²) in [5.41, 5.74) is 0.673. The second-order valence-corrected chi connectivity index (χ2v) is 7.70. The minimum atomic E-state index is -1.07. The van der Waals surface area contributed by atoms with Crippen molar-refractivity contribution in [1.29, 1.82) is 0 Å². The van der Waals surface area contributed by atoms with Gasteiger partial charge in [0.25, 0.3) is 0 Å². The number of fused-ring (bicyclic) bond motifs is 1. The van der Waals surface area contributed by atoms with Crippen LogP contribution < -0.4 is 4.74 Å². The first-order valence-electron chi connectivity index (χ1n) is 9.75. The molecule has 0 fully saturated rings. The van der Waals surface area contributed by atoms with Crippen molar-refractivity contribution in [3.63, 3.8) is 0 Å². The maximum atomic E-state index is 12.8. The third-order valence-corrected chi connectivity index (χ3v) is 5.36. The number of esters is 1. The predicted octanol–water partition coefficient (Wildman–Crippen LogP) is 2.84. The van der Waals surface area contributed by atoms with Crippen LogP contribution in [0.3, 0.4) is 0 Å². The lowest BCUT2D eigenvalue weighted by atomic mass is 9.92. The van der Waals surface area contributed by atoms with E-state index in [4.69, 9.17) is 9.47 Å². The Kier molecular flexibility index (Phi) is 5.21. The van der Waals surface area contributed by atoms with Gasteiger partial charge in [-0.2, -0.15) is 0 Å². The number of carbonyl (C=O) groups is 1. The number of aryl methyl sites for hydroxylation is 1. The second-order valence-electron chi connectivity index (χ2n) is 7.70. The number of hydrogen-bond acceptors (Lipinski definition) is 10. The van der Waals surface area contributed by atoms with Crippen LogP contribution in [0.2, 0.25) is 0 Å². The molecule has 0 radical (unpaired) electrons. The lowest BCUT2D eigenvalue weighted by Gasteiger charge is -2.34. The van der Waals surface area contributed by atoms with Crippen molar-refractivity contribution < 1.29 is 50.0 Å². The van der Waals surface area contributed by atoms with E-state index in [2.05, 4.69) is 0 Å². The largest absolute Gasteiger partial charge is 0.508 e. The fourth-order valence-electron chi connectivity index (χ4n) is 3.71. The summed E-state index contributed by atoms with van der Waals surface area (Å²) < 4.78 is 11.5. The van der Waals surface area contributed by atoms with E-state index >= 15 is 0 Å². The molecule has 10 nitrogen and oxygen atoms in total. The number of ether oxygens (including phenoxy) is 2. The SMILES string of the molecule is Cc1cc(C2Oc3cc(O)cc(O)c3CC2OC(=O)c2cc(O)c(O)c(O)c2)cc(O)c1O. The highest BCUT2D eigenvalue weighted by molar-refractivity contribution is 5.91. The molecular formula is C23H20O10. The minimum Gasteiger partial charge on any atom is -0.508 e. The van der Waals surface area contributed by atoms with Gasteiger partial charge in [-0.1, -0.05) is 0 Å². The minimum absolute atomic E-state index is 0.0470. The van der Waals surface area contributed by atoms with Crippen LogP contribution in [-0.2, 0) is 11.2 Å². The lowest BCUT2D eigenvalue weighted by Crippen LogP contribution is -2.34. The first kappa shape index (κ1) is 21.8. The molecule has 1 aliphatic heterocycles. The molecule has 2 atom stereocenters. The number of carbonyl (C=O) groups excluding carboxylic acids is 1. The van der Waals surface area contributed by atoms with Crippen molar-refractivity contribution in [1.82, 2.24) is 0 Å². The first-order valence-corrected chi connectivity index (χ1v) is 9.75. The van der Waals surface area contributed by atoms with Gasteiger partial charge in [-0.05, 0) is 36.8 Å². The van der Waals surface area contributed by atoms with E-state index in [9.17, 15) is 40.5 Å². The normalized spacial score (nSPS) is 17.1. The Balaban J connectivity index is 1.75. The van der Waals surface area contributed by atoms with E-state index in [0.717, 1.165) is 18.2 Å². The molecule has 0 aliphatic carbocycles. The van der Waals surface area contributed by atoms with Crippen molar-refractivity contribution in [2.75, 3.05) is 0 Å². The topological polar surface area (TPSA) is 177 Å². The van der Waals surface area contributed by atoms with Gasteiger partial charge in [0, 0.05) is 29.7 Å². The number of phenolic OH excluding ortho intramolecular Hbond substituents is 7. The molecule has 7 N–H and O–H groups in total. The van der Waals surface area contributed by atoms with Gasteiger partial charge in [0.15, 0.2) is 34.9 Å². The lowest BCUT2D eigenvalue weighted by molar-refractivity contribution is -0.0189. The molecule has 3 aromatic rings. The summed E-state index contributed by atoms with van der Waals surface area (Å²) in [5.74, 6) is -4.36. The molecule has 0 bridgehead atoms. The zero-order valence-electron chi connectivity index (χ0n) is 17.2. The number of rotatable bonds is 3. The van der Waals surface area contributed by atoms with Crippen molar-refractivity contribution in [3.05, 3.63) is 58.7 Å². The van der Waals surface area contributed by atoms with E-state index in [1.807, 2.05) is 0 Å². The van der Waals surface area contributed by atoms with E-state index in [1.54, 1.807) is 6.92 Å². The fraction of sp³-hybridized carbons (Fsp3) is 0.174. The van der Waals surface area contributed by atoms with Gasteiger partial charge in [-0.25, -0.2) is 4.79 Å². The summed E-state index contributed by atoms with van der Waals surface area (Å²) in [6.07, 6.45) is -2.14. The van der Waals surface area contributed by atoms with Gasteiger partial charge < -0.3 is 45.2 Å². The molecule has 0 saturated carbocycles. The average Bonchev–Trinajstić information content (AvgIpc) is 2.75. The molecule has 3 aromatic carbocycles. The fourth-order valence-corrected chi connectivity index (χ4v) is 3.71. The van der Waals surface area contributed by atoms with Crippen LogP contribution in [0.15, 0.2) is 36.4 Å². The molecule has 10 heteroatoms. The average molecular weight is 456 g/mol. The Morgan fingerprint density at radius 1 is 0.848 bits per heavy atom. The zero-order valence-corrected chi connectivity index (χ0v) is 17.2. The second kappa shape index (κ2) is 7.90. The van der Waals surface area contributed by atoms with Crippen molar-refractivity contribution in [2.24, 2.45) is 0 Å². The van der Waals surface area contributed by atoms with Crippen molar-refractivity contribution in [3.8, 4) is 46.0 Å². The highest BCUT2D eigenvalue weighted by Gasteiger charge is 2.37. The van der Waals surface area contributed by atoms with Crippen molar-refractivity contribution >= 4 is 5.97 Å². The van der Waals surface area contributed by atoms with Crippen LogP contribution in [0.1, 0.15) is 33.2 Å². The van der Waals surface area contributed by atoms with Gasteiger partial charge in [-0.3, -0.25) is 0 Å². The molecule has 0 saturated heterocycles. The summed E-state index contributed by atoms with van der Waals surface area (Å²) in [5, 5.41) is 68.9. The maximum absolute atomic E-state index is 12.8. The van der Waals surface area contributed by atoms with Crippen molar-refractivity contribution in [2.45, 2.75) is 25.6 Å². The zero-order chi connectivity index (χ0) is 24.0. The molecule has 2 unspecified atom stereocenters. The molecule has 33 heavy (non-hydrogen) atoms. The maximum Gasteiger partial charge on any atom is 0.338 e. The number of benzene rings is 3. The van der Waals surface area contributed by atoms with Crippen LogP contribution in [0.4, 0.5) is 0 Å². The number of aromatic hydroxyl groups is 7. The molecule has 1 heterocycles. The summed E-state index contributed by atoms with van der Waals surface area (Å²) >= 11 is 0. The highest BCUT2D eigenvalue weighted by Crippen LogP contribution is 2.45. The molecular weight excluding hydrogens is 436 g/mol. The third-order valence-electron chi connectivity index (χ3n) is 5.36. The number of hydrogen-bond donors (Lipinski definition) is 7. The monoisotopic (exact) mass is 456 g/mol. The standard InChI is InChI=1S/C23H20O10/c1-9-2-10(3-15(26)20(9)29)22-19(8-13-14(25)6-12(24)7-18(13)32-22)33-23(31)11-4-16(27)21(30)17(28)5-11/h2-7,19,22,24-30H,8H2,1H3. The molecule has 4 rings (SSSR count). The molecule has 0 aromatic heterocycles. The van der Waals surface area contributed by atoms with E-state index in [-0.39, 0.29) is 40.5 Å². The molecule has 0 spiro atoms. The quantitative estimate of drug-likeness (QED) is 0.229. The molecule has 0 amide bonds. The summed E-state index contributed by atoms with van der Waals surface area (Å²) in [4.78, 5) is 12.8.